The lowest BCUT2D eigenvalue weighted by molar-refractivity contribution is -0.118. The minimum Gasteiger partial charge on any atom is -0.478 e. The highest BCUT2D eigenvalue weighted by Gasteiger charge is 2.31. The lowest BCUT2D eigenvalue weighted by Gasteiger charge is -2.39. The Balaban J connectivity index is 1.70. The Morgan fingerprint density at radius 3 is 3.12 bits per heavy atom. The SMILES string of the molecule is C[C@H]1CN(c2ncc3c(n2)NC(=O)CO3)[C@@H](c2cccc(F)c2)CO1. The molecule has 0 spiro atoms. The predicted octanol–water partition coefficient (Wildman–Crippen LogP) is 1.91. The Bertz CT molecular complexity index is 816. The zero-order valence-electron chi connectivity index (χ0n) is 13.6. The average molecular weight is 344 g/mol. The van der Waals surface area contributed by atoms with Crippen molar-refractivity contribution in [2.24, 2.45) is 0 Å². The molecule has 2 aliphatic rings. The van der Waals surface area contributed by atoms with Crippen molar-refractivity contribution >= 4 is 17.7 Å². The number of aromatic nitrogens is 2. The van der Waals surface area contributed by atoms with E-state index in [9.17, 15) is 9.18 Å². The molecule has 0 unspecified atom stereocenters. The van der Waals surface area contributed by atoms with E-state index in [2.05, 4.69) is 15.3 Å². The molecular weight excluding hydrogens is 327 g/mol. The summed E-state index contributed by atoms with van der Waals surface area (Å²) in [6.45, 7) is 2.86. The second-order valence-corrected chi connectivity index (χ2v) is 6.09. The summed E-state index contributed by atoms with van der Waals surface area (Å²) < 4.78 is 24.7. The monoisotopic (exact) mass is 344 g/mol. The average Bonchev–Trinajstić information content (AvgIpc) is 2.61. The number of amides is 1. The molecule has 25 heavy (non-hydrogen) atoms. The number of nitrogens with one attached hydrogen (secondary N) is 1. The third-order valence-electron chi connectivity index (χ3n) is 4.22. The maximum absolute atomic E-state index is 13.6. The minimum atomic E-state index is -0.303. The van der Waals surface area contributed by atoms with Crippen LogP contribution in [0.15, 0.2) is 30.5 Å². The first kappa shape index (κ1) is 15.8. The van der Waals surface area contributed by atoms with Gasteiger partial charge in [0.1, 0.15) is 5.82 Å². The van der Waals surface area contributed by atoms with E-state index in [-0.39, 0.29) is 30.5 Å². The summed E-state index contributed by atoms with van der Waals surface area (Å²) in [6, 6.07) is 6.19. The van der Waals surface area contributed by atoms with E-state index in [1.807, 2.05) is 17.9 Å². The van der Waals surface area contributed by atoms with Gasteiger partial charge in [0.25, 0.3) is 5.91 Å². The van der Waals surface area contributed by atoms with E-state index < -0.39 is 0 Å². The lowest BCUT2D eigenvalue weighted by atomic mass is 10.0. The molecule has 1 saturated heterocycles. The highest BCUT2D eigenvalue weighted by atomic mass is 19.1. The maximum Gasteiger partial charge on any atom is 0.263 e. The van der Waals surface area contributed by atoms with Crippen LogP contribution in [0.1, 0.15) is 18.5 Å². The summed E-state index contributed by atoms with van der Waals surface area (Å²) in [7, 11) is 0. The molecule has 2 aliphatic heterocycles. The first-order valence-electron chi connectivity index (χ1n) is 8.03. The zero-order valence-corrected chi connectivity index (χ0v) is 13.6. The van der Waals surface area contributed by atoms with Crippen LogP contribution in [0.5, 0.6) is 5.75 Å². The molecule has 3 heterocycles. The van der Waals surface area contributed by atoms with Gasteiger partial charge in [-0.2, -0.15) is 4.98 Å². The number of ether oxygens (including phenoxy) is 2. The van der Waals surface area contributed by atoms with Gasteiger partial charge in [0.15, 0.2) is 18.2 Å². The van der Waals surface area contributed by atoms with Crippen molar-refractivity contribution in [2.45, 2.75) is 19.1 Å². The number of carbonyl (C=O) groups excluding carboxylic acids is 1. The van der Waals surface area contributed by atoms with Crippen molar-refractivity contribution in [2.75, 3.05) is 30.0 Å². The van der Waals surface area contributed by atoms with Crippen molar-refractivity contribution in [3.63, 3.8) is 0 Å². The topological polar surface area (TPSA) is 76.6 Å². The van der Waals surface area contributed by atoms with Gasteiger partial charge in [-0.1, -0.05) is 12.1 Å². The fourth-order valence-electron chi connectivity index (χ4n) is 3.02. The van der Waals surface area contributed by atoms with E-state index >= 15 is 0 Å². The Morgan fingerprint density at radius 2 is 2.28 bits per heavy atom. The molecule has 8 heteroatoms. The molecule has 2 atom stereocenters. The van der Waals surface area contributed by atoms with Gasteiger partial charge in [0, 0.05) is 6.54 Å². The molecule has 2 aromatic rings. The van der Waals surface area contributed by atoms with Crippen LogP contribution in [0.2, 0.25) is 0 Å². The molecule has 0 aliphatic carbocycles. The predicted molar refractivity (Wildman–Crippen MR) is 88.1 cm³/mol. The number of halogens is 1. The molecule has 0 radical (unpaired) electrons. The largest absolute Gasteiger partial charge is 0.478 e. The molecule has 1 fully saturated rings. The molecule has 4 rings (SSSR count). The number of nitrogens with zero attached hydrogens (tertiary/aromatic N) is 3. The molecule has 1 N–H and O–H groups in total. The van der Waals surface area contributed by atoms with Crippen LogP contribution in [-0.2, 0) is 9.53 Å². The summed E-state index contributed by atoms with van der Waals surface area (Å²) in [6.07, 6.45) is 1.52. The minimum absolute atomic E-state index is 0.0183. The van der Waals surface area contributed by atoms with Gasteiger partial charge in [0.05, 0.1) is 24.9 Å². The van der Waals surface area contributed by atoms with Gasteiger partial charge in [-0.15, -0.1) is 0 Å². The molecule has 1 aromatic carbocycles. The first-order valence-corrected chi connectivity index (χ1v) is 8.03. The molecule has 1 amide bonds. The van der Waals surface area contributed by atoms with E-state index in [1.54, 1.807) is 12.3 Å². The second-order valence-electron chi connectivity index (χ2n) is 6.09. The van der Waals surface area contributed by atoms with Gasteiger partial charge in [-0.05, 0) is 24.6 Å². The Morgan fingerprint density at radius 1 is 1.40 bits per heavy atom. The van der Waals surface area contributed by atoms with Crippen LogP contribution >= 0.6 is 0 Å². The molecule has 7 nitrogen and oxygen atoms in total. The van der Waals surface area contributed by atoms with Crippen molar-refractivity contribution in [1.82, 2.24) is 9.97 Å². The van der Waals surface area contributed by atoms with Crippen molar-refractivity contribution in [3.05, 3.63) is 41.8 Å². The number of carbonyl (C=O) groups is 1. The van der Waals surface area contributed by atoms with E-state index in [1.165, 1.54) is 12.1 Å². The van der Waals surface area contributed by atoms with E-state index in [0.29, 0.717) is 30.7 Å². The van der Waals surface area contributed by atoms with Crippen LogP contribution in [0, 0.1) is 5.82 Å². The van der Waals surface area contributed by atoms with Crippen LogP contribution in [0.4, 0.5) is 16.2 Å². The molecule has 130 valence electrons. The zero-order chi connectivity index (χ0) is 17.4. The number of hydrogen-bond acceptors (Lipinski definition) is 6. The third-order valence-corrected chi connectivity index (χ3v) is 4.22. The first-order chi connectivity index (χ1) is 12.1. The fraction of sp³-hybridized carbons (Fsp3) is 0.353. The van der Waals surface area contributed by atoms with E-state index in [0.717, 1.165) is 5.56 Å². The smallest absolute Gasteiger partial charge is 0.263 e. The Kier molecular flexibility index (Phi) is 3.96. The molecular formula is C17H17FN4O3. The third kappa shape index (κ3) is 3.12. The summed E-state index contributed by atoms with van der Waals surface area (Å²) in [5, 5.41) is 2.68. The number of fused-ring (bicyclic) bond motifs is 1. The van der Waals surface area contributed by atoms with Gasteiger partial charge < -0.3 is 19.7 Å². The van der Waals surface area contributed by atoms with Gasteiger partial charge in [-0.25, -0.2) is 9.37 Å². The highest BCUT2D eigenvalue weighted by molar-refractivity contribution is 5.94. The summed E-state index contributed by atoms with van der Waals surface area (Å²) in [5.41, 5.74) is 0.786. The van der Waals surface area contributed by atoms with Crippen LogP contribution in [-0.4, -0.2) is 41.7 Å². The normalized spacial score (nSPS) is 22.8. The number of hydrogen-bond donors (Lipinski definition) is 1. The van der Waals surface area contributed by atoms with Crippen molar-refractivity contribution < 1.29 is 18.7 Å². The van der Waals surface area contributed by atoms with Crippen LogP contribution in [0.25, 0.3) is 0 Å². The van der Waals surface area contributed by atoms with Crippen molar-refractivity contribution in [1.29, 1.82) is 0 Å². The van der Waals surface area contributed by atoms with E-state index in [4.69, 9.17) is 9.47 Å². The van der Waals surface area contributed by atoms with Gasteiger partial charge in [-0.3, -0.25) is 4.79 Å². The van der Waals surface area contributed by atoms with Crippen LogP contribution < -0.4 is 15.0 Å². The van der Waals surface area contributed by atoms with Gasteiger partial charge in [0.2, 0.25) is 5.95 Å². The quantitative estimate of drug-likeness (QED) is 0.897. The summed E-state index contributed by atoms with van der Waals surface area (Å²) in [4.78, 5) is 22.3. The molecule has 0 saturated carbocycles. The Hall–Kier alpha value is -2.74. The molecule has 0 bridgehead atoms. The Labute approximate surface area is 143 Å². The van der Waals surface area contributed by atoms with Crippen LogP contribution in [0.3, 0.4) is 0 Å². The standard InChI is InChI=1S/C17H17FN4O3/c1-10-7-22(13(8-24-10)11-3-2-4-12(18)5-11)17-19-6-14-16(21-17)20-15(23)9-25-14/h2-6,10,13H,7-9H2,1H3,(H,19,20,21,23)/t10-,13+/m0/s1. The number of benzene rings is 1. The lowest BCUT2D eigenvalue weighted by Crippen LogP contribution is -2.44. The highest BCUT2D eigenvalue weighted by Crippen LogP contribution is 2.33. The number of rotatable bonds is 2. The van der Waals surface area contributed by atoms with Crippen molar-refractivity contribution in [3.8, 4) is 5.75 Å². The molecule has 1 aromatic heterocycles. The maximum atomic E-state index is 13.6. The fourth-order valence-corrected chi connectivity index (χ4v) is 3.02. The summed E-state index contributed by atoms with van der Waals surface area (Å²) >= 11 is 0. The summed E-state index contributed by atoms with van der Waals surface area (Å²) in [5.74, 6) is 0.664. The number of anilines is 2. The van der Waals surface area contributed by atoms with Gasteiger partial charge >= 0.3 is 0 Å². The number of morpholine rings is 1. The second kappa shape index (κ2) is 6.29.